The fourth-order valence-electron chi connectivity index (χ4n) is 2.16. The van der Waals surface area contributed by atoms with Crippen LogP contribution in [0.15, 0.2) is 54.6 Å². The van der Waals surface area contributed by atoms with Gasteiger partial charge >= 0.3 is 6.18 Å². The molecule has 1 amide bonds. The van der Waals surface area contributed by atoms with Crippen LogP contribution in [0.4, 0.5) is 18.9 Å². The number of hydrogen-bond donors (Lipinski definition) is 1. The minimum Gasteiger partial charge on any atom is -0.340 e. The van der Waals surface area contributed by atoms with Crippen molar-refractivity contribution < 1.29 is 22.9 Å². The van der Waals surface area contributed by atoms with E-state index in [-0.39, 0.29) is 0 Å². The Kier molecular flexibility index (Phi) is 5.18. The highest BCUT2D eigenvalue weighted by Crippen LogP contribution is 2.25. The minimum atomic E-state index is -4.69. The lowest BCUT2D eigenvalue weighted by molar-refractivity contribution is -0.385. The van der Waals surface area contributed by atoms with Crippen LogP contribution in [0.2, 0.25) is 0 Å². The Morgan fingerprint density at radius 1 is 1.08 bits per heavy atom. The number of alkyl halides is 3. The highest BCUT2D eigenvalue weighted by molar-refractivity contribution is 5.98. The SMILES string of the molecule is O=C(NC(Cc1ccccc1)C(F)(F)F)c1ccccc1[N+](=O)[O-]. The van der Waals surface area contributed by atoms with Crippen LogP contribution in [0.3, 0.4) is 0 Å². The maximum atomic E-state index is 13.2. The number of carbonyl (C=O) groups excluding carboxylic acids is 1. The zero-order valence-corrected chi connectivity index (χ0v) is 12.3. The van der Waals surface area contributed by atoms with E-state index < -0.39 is 40.7 Å². The molecule has 0 bridgehead atoms. The van der Waals surface area contributed by atoms with Crippen molar-refractivity contribution in [3.05, 3.63) is 75.8 Å². The quantitative estimate of drug-likeness (QED) is 0.670. The summed E-state index contributed by atoms with van der Waals surface area (Å²) in [4.78, 5) is 22.2. The molecule has 1 unspecified atom stereocenters. The summed E-state index contributed by atoms with van der Waals surface area (Å²) in [6, 6.07) is 10.6. The van der Waals surface area contributed by atoms with Crippen molar-refractivity contribution in [2.24, 2.45) is 0 Å². The Morgan fingerprint density at radius 2 is 1.67 bits per heavy atom. The molecule has 1 N–H and O–H groups in total. The summed E-state index contributed by atoms with van der Waals surface area (Å²) < 4.78 is 39.6. The van der Waals surface area contributed by atoms with Gasteiger partial charge in [0.05, 0.1) is 4.92 Å². The van der Waals surface area contributed by atoms with Gasteiger partial charge in [-0.15, -0.1) is 0 Å². The third-order valence-electron chi connectivity index (χ3n) is 3.33. The summed E-state index contributed by atoms with van der Waals surface area (Å²) in [6.45, 7) is 0. The molecule has 5 nitrogen and oxygen atoms in total. The number of nitrogens with zero attached hydrogens (tertiary/aromatic N) is 1. The Morgan fingerprint density at radius 3 is 2.25 bits per heavy atom. The molecule has 2 aromatic carbocycles. The zero-order chi connectivity index (χ0) is 17.7. The zero-order valence-electron chi connectivity index (χ0n) is 12.3. The molecule has 0 saturated carbocycles. The molecular formula is C16H13F3N2O3. The van der Waals surface area contributed by atoms with Crippen LogP contribution < -0.4 is 5.32 Å². The van der Waals surface area contributed by atoms with Gasteiger partial charge in [0.1, 0.15) is 11.6 Å². The van der Waals surface area contributed by atoms with Crippen LogP contribution in [0.25, 0.3) is 0 Å². The molecule has 8 heteroatoms. The average molecular weight is 338 g/mol. The third kappa shape index (κ3) is 4.31. The summed E-state index contributed by atoms with van der Waals surface area (Å²) in [5, 5.41) is 12.8. The van der Waals surface area contributed by atoms with Crippen LogP contribution in [0.1, 0.15) is 15.9 Å². The molecule has 0 aliphatic rings. The first-order valence-corrected chi connectivity index (χ1v) is 6.94. The van der Waals surface area contributed by atoms with Crippen LogP contribution in [0.5, 0.6) is 0 Å². The standard InChI is InChI=1S/C16H13F3N2O3/c17-16(18,19)14(10-11-6-2-1-3-7-11)20-15(22)12-8-4-5-9-13(12)21(23)24/h1-9,14H,10H2,(H,20,22). The summed E-state index contributed by atoms with van der Waals surface area (Å²) in [7, 11) is 0. The second kappa shape index (κ2) is 7.12. The molecule has 2 aromatic rings. The van der Waals surface area contributed by atoms with Gasteiger partial charge in [-0.25, -0.2) is 0 Å². The molecule has 0 fully saturated rings. The van der Waals surface area contributed by atoms with E-state index in [9.17, 15) is 28.1 Å². The maximum Gasteiger partial charge on any atom is 0.408 e. The predicted molar refractivity (Wildman–Crippen MR) is 80.6 cm³/mol. The molecule has 0 aromatic heterocycles. The van der Waals surface area contributed by atoms with Crippen molar-refractivity contribution in [2.45, 2.75) is 18.6 Å². The predicted octanol–water partition coefficient (Wildman–Crippen LogP) is 3.50. The van der Waals surface area contributed by atoms with Crippen LogP contribution in [0, 0.1) is 10.1 Å². The highest BCUT2D eigenvalue weighted by atomic mass is 19.4. The number of nitrogens with one attached hydrogen (secondary N) is 1. The van der Waals surface area contributed by atoms with E-state index in [4.69, 9.17) is 0 Å². The number of nitro groups is 1. The van der Waals surface area contributed by atoms with Crippen molar-refractivity contribution in [1.82, 2.24) is 5.32 Å². The maximum absolute atomic E-state index is 13.2. The number of rotatable bonds is 5. The Bertz CT molecular complexity index is 733. The second-order valence-electron chi connectivity index (χ2n) is 5.03. The van der Waals surface area contributed by atoms with E-state index in [0.717, 1.165) is 12.1 Å². The highest BCUT2D eigenvalue weighted by Gasteiger charge is 2.41. The van der Waals surface area contributed by atoms with Crippen molar-refractivity contribution in [3.63, 3.8) is 0 Å². The van der Waals surface area contributed by atoms with E-state index in [1.165, 1.54) is 24.3 Å². The van der Waals surface area contributed by atoms with Gasteiger partial charge in [0, 0.05) is 12.5 Å². The molecule has 1 atom stereocenters. The number of halogens is 3. The number of hydrogen-bond acceptors (Lipinski definition) is 3. The van der Waals surface area contributed by atoms with Gasteiger partial charge in [-0.1, -0.05) is 42.5 Å². The number of nitro benzene ring substituents is 1. The summed E-state index contributed by atoms with van der Waals surface area (Å²) in [5.74, 6) is -1.14. The van der Waals surface area contributed by atoms with Gasteiger partial charge < -0.3 is 5.32 Å². The molecule has 0 spiro atoms. The lowest BCUT2D eigenvalue weighted by Gasteiger charge is -2.21. The molecule has 0 radical (unpaired) electrons. The minimum absolute atomic E-state index is 0.391. The van der Waals surface area contributed by atoms with Crippen LogP contribution >= 0.6 is 0 Å². The number of amides is 1. The van der Waals surface area contributed by atoms with Gasteiger partial charge in [0.15, 0.2) is 0 Å². The Labute approximate surface area is 135 Å². The first-order chi connectivity index (χ1) is 11.3. The first-order valence-electron chi connectivity index (χ1n) is 6.94. The Balaban J connectivity index is 2.24. The summed E-state index contributed by atoms with van der Waals surface area (Å²) in [6.07, 6.45) is -5.15. The van der Waals surface area contributed by atoms with E-state index in [2.05, 4.69) is 0 Å². The van der Waals surface area contributed by atoms with E-state index in [1.807, 2.05) is 5.32 Å². The van der Waals surface area contributed by atoms with Crippen LogP contribution in [-0.2, 0) is 6.42 Å². The molecule has 0 saturated heterocycles. The Hall–Kier alpha value is -2.90. The van der Waals surface area contributed by atoms with E-state index in [1.54, 1.807) is 18.2 Å². The first kappa shape index (κ1) is 17.5. The van der Waals surface area contributed by atoms with Crippen molar-refractivity contribution in [1.29, 1.82) is 0 Å². The molecule has 0 aliphatic carbocycles. The molecular weight excluding hydrogens is 325 g/mol. The van der Waals surface area contributed by atoms with Crippen molar-refractivity contribution >= 4 is 11.6 Å². The third-order valence-corrected chi connectivity index (χ3v) is 3.33. The molecule has 2 rings (SSSR count). The van der Waals surface area contributed by atoms with E-state index >= 15 is 0 Å². The van der Waals surface area contributed by atoms with Crippen LogP contribution in [-0.4, -0.2) is 23.0 Å². The van der Waals surface area contributed by atoms with Gasteiger partial charge in [0.2, 0.25) is 0 Å². The molecule has 24 heavy (non-hydrogen) atoms. The van der Waals surface area contributed by atoms with Gasteiger partial charge in [-0.2, -0.15) is 13.2 Å². The van der Waals surface area contributed by atoms with Gasteiger partial charge in [0.25, 0.3) is 11.6 Å². The summed E-state index contributed by atoms with van der Waals surface area (Å²) in [5.41, 5.74) is -0.567. The number of benzene rings is 2. The van der Waals surface area contributed by atoms with Gasteiger partial charge in [-0.3, -0.25) is 14.9 Å². The van der Waals surface area contributed by atoms with Crippen molar-refractivity contribution in [2.75, 3.05) is 0 Å². The monoisotopic (exact) mass is 338 g/mol. The lowest BCUT2D eigenvalue weighted by atomic mass is 10.0. The van der Waals surface area contributed by atoms with Gasteiger partial charge in [-0.05, 0) is 11.6 Å². The largest absolute Gasteiger partial charge is 0.408 e. The summed E-state index contributed by atoms with van der Waals surface area (Å²) >= 11 is 0. The fraction of sp³-hybridized carbons (Fsp3) is 0.188. The smallest absolute Gasteiger partial charge is 0.340 e. The molecule has 126 valence electrons. The second-order valence-corrected chi connectivity index (χ2v) is 5.03. The average Bonchev–Trinajstić information content (AvgIpc) is 2.54. The normalized spacial score (nSPS) is 12.5. The molecule has 0 heterocycles. The van der Waals surface area contributed by atoms with E-state index in [0.29, 0.717) is 5.56 Å². The number of carbonyl (C=O) groups is 1. The van der Waals surface area contributed by atoms with Crippen molar-refractivity contribution in [3.8, 4) is 0 Å². The topological polar surface area (TPSA) is 72.2 Å². The fourth-order valence-corrected chi connectivity index (χ4v) is 2.16. The lowest BCUT2D eigenvalue weighted by Crippen LogP contribution is -2.47. The molecule has 0 aliphatic heterocycles. The number of para-hydroxylation sites is 1.